The van der Waals surface area contributed by atoms with Gasteiger partial charge in [-0.15, -0.1) is 0 Å². The molecule has 0 fully saturated rings. The van der Waals surface area contributed by atoms with E-state index in [-0.39, 0.29) is 23.0 Å². The van der Waals surface area contributed by atoms with Crippen molar-refractivity contribution in [2.24, 2.45) is 0 Å². The summed E-state index contributed by atoms with van der Waals surface area (Å²) in [4.78, 5) is 10.7. The lowest BCUT2D eigenvalue weighted by Crippen LogP contribution is -3.00. The predicted molar refractivity (Wildman–Crippen MR) is 94.2 cm³/mol. The second kappa shape index (κ2) is 6.69. The molecule has 0 N–H and O–H groups in total. The van der Waals surface area contributed by atoms with E-state index in [2.05, 4.69) is 40.2 Å². The quantitative estimate of drug-likeness (QED) is 0.314. The van der Waals surface area contributed by atoms with E-state index in [4.69, 9.17) is 0 Å². The number of nitro groups is 1. The number of para-hydroxylation sites is 2. The van der Waals surface area contributed by atoms with Crippen molar-refractivity contribution in [2.75, 3.05) is 0 Å². The second-order valence-corrected chi connectivity index (χ2v) is 6.02. The van der Waals surface area contributed by atoms with Gasteiger partial charge in [0.05, 0.1) is 11.5 Å². The third kappa shape index (κ3) is 2.70. The predicted octanol–water partition coefficient (Wildman–Crippen LogP) is 1.25. The first kappa shape index (κ1) is 17.2. The molecular formula is C19H18ClN3O2. The Hall–Kier alpha value is -2.66. The highest BCUT2D eigenvalue weighted by atomic mass is 35.5. The molecule has 25 heavy (non-hydrogen) atoms. The normalized spacial score (nSPS) is 11.1. The number of fused-ring (bicyclic) bond motifs is 5. The highest BCUT2D eigenvalue weighted by Crippen LogP contribution is 2.25. The number of benzene rings is 2. The number of unbranched alkanes of at least 4 members (excludes halogenated alkanes) is 1. The monoisotopic (exact) mass is 355 g/mol. The summed E-state index contributed by atoms with van der Waals surface area (Å²) in [6.45, 7) is 3.15. The van der Waals surface area contributed by atoms with Crippen LogP contribution >= 0.6 is 0 Å². The molecule has 0 bridgehead atoms. The third-order valence-electron chi connectivity index (χ3n) is 4.53. The van der Waals surface area contributed by atoms with Gasteiger partial charge in [-0.05, 0) is 30.7 Å². The maximum absolute atomic E-state index is 11.0. The molecule has 2 aromatic carbocycles. The highest BCUT2D eigenvalue weighted by Gasteiger charge is 2.21. The van der Waals surface area contributed by atoms with E-state index in [0.29, 0.717) is 0 Å². The van der Waals surface area contributed by atoms with Crippen molar-refractivity contribution in [1.29, 1.82) is 0 Å². The number of imidazole rings is 1. The van der Waals surface area contributed by atoms with Gasteiger partial charge in [-0.2, -0.15) is 4.40 Å². The fourth-order valence-electron chi connectivity index (χ4n) is 3.37. The van der Waals surface area contributed by atoms with Gasteiger partial charge in [0.25, 0.3) is 11.3 Å². The Morgan fingerprint density at radius 1 is 1.08 bits per heavy atom. The molecule has 0 atom stereocenters. The van der Waals surface area contributed by atoms with Crippen LogP contribution in [0.3, 0.4) is 0 Å². The first-order valence-electron chi connectivity index (χ1n) is 8.21. The highest BCUT2D eigenvalue weighted by molar-refractivity contribution is 5.89. The van der Waals surface area contributed by atoms with Gasteiger partial charge >= 0.3 is 0 Å². The van der Waals surface area contributed by atoms with E-state index >= 15 is 0 Å². The SMILES string of the molecule is CCCC[n+]1c2ccccc2n2c3ccc([N+](=O)[O-])cc3ccc21.[Cl-]. The topological polar surface area (TPSA) is 51.4 Å². The summed E-state index contributed by atoms with van der Waals surface area (Å²) < 4.78 is 4.53. The van der Waals surface area contributed by atoms with Gasteiger partial charge in [0.1, 0.15) is 5.52 Å². The van der Waals surface area contributed by atoms with Crippen molar-refractivity contribution in [3.05, 3.63) is 64.7 Å². The average Bonchev–Trinajstić information content (AvgIpc) is 2.93. The van der Waals surface area contributed by atoms with Crippen LogP contribution in [0.4, 0.5) is 5.69 Å². The summed E-state index contributed by atoms with van der Waals surface area (Å²) in [6, 6.07) is 17.4. The minimum atomic E-state index is -0.348. The van der Waals surface area contributed by atoms with Gasteiger partial charge in [-0.1, -0.05) is 25.5 Å². The minimum absolute atomic E-state index is 0. The summed E-state index contributed by atoms with van der Waals surface area (Å²) in [5.74, 6) is 0. The van der Waals surface area contributed by atoms with Gasteiger partial charge in [-0.25, -0.2) is 4.57 Å². The molecule has 0 aliphatic heterocycles. The number of nitrogens with zero attached hydrogens (tertiary/aromatic N) is 3. The number of aryl methyl sites for hydroxylation is 1. The number of nitro benzene ring substituents is 1. The Morgan fingerprint density at radius 2 is 1.88 bits per heavy atom. The van der Waals surface area contributed by atoms with Gasteiger partial charge in [-0.3, -0.25) is 10.1 Å². The van der Waals surface area contributed by atoms with Crippen LogP contribution in [0.1, 0.15) is 19.8 Å². The number of rotatable bonds is 4. The fourth-order valence-corrected chi connectivity index (χ4v) is 3.37. The zero-order valence-corrected chi connectivity index (χ0v) is 14.6. The molecule has 128 valence electrons. The molecule has 2 aromatic heterocycles. The summed E-state index contributed by atoms with van der Waals surface area (Å²) in [6.07, 6.45) is 2.26. The molecule has 6 heteroatoms. The van der Waals surface area contributed by atoms with E-state index in [1.807, 2.05) is 18.2 Å². The molecule has 0 aliphatic rings. The van der Waals surface area contributed by atoms with Gasteiger partial charge < -0.3 is 12.4 Å². The lowest BCUT2D eigenvalue weighted by atomic mass is 10.2. The van der Waals surface area contributed by atoms with Crippen molar-refractivity contribution >= 4 is 33.3 Å². The zero-order chi connectivity index (χ0) is 16.7. The molecule has 2 heterocycles. The van der Waals surface area contributed by atoms with Crippen LogP contribution in [0, 0.1) is 10.1 Å². The Labute approximate surface area is 151 Å². The minimum Gasteiger partial charge on any atom is -1.00 e. The number of hydrogen-bond donors (Lipinski definition) is 0. The first-order valence-corrected chi connectivity index (χ1v) is 8.21. The lowest BCUT2D eigenvalue weighted by molar-refractivity contribution is -0.646. The molecule has 0 saturated carbocycles. The fraction of sp³-hybridized carbons (Fsp3) is 0.211. The molecule has 0 amide bonds. The van der Waals surface area contributed by atoms with Gasteiger partial charge in [0.2, 0.25) is 0 Å². The zero-order valence-electron chi connectivity index (χ0n) is 13.9. The van der Waals surface area contributed by atoms with Crippen LogP contribution < -0.4 is 17.0 Å². The number of halogens is 1. The Kier molecular flexibility index (Phi) is 4.59. The first-order chi connectivity index (χ1) is 11.7. The van der Waals surface area contributed by atoms with Crippen molar-refractivity contribution in [3.8, 4) is 0 Å². The smallest absolute Gasteiger partial charge is 0.287 e. The Bertz CT molecular complexity index is 1090. The van der Waals surface area contributed by atoms with Crippen molar-refractivity contribution in [2.45, 2.75) is 26.3 Å². The van der Waals surface area contributed by atoms with E-state index in [1.54, 1.807) is 12.1 Å². The number of aromatic nitrogens is 2. The maximum atomic E-state index is 11.0. The number of hydrogen-bond acceptors (Lipinski definition) is 2. The average molecular weight is 356 g/mol. The van der Waals surface area contributed by atoms with E-state index in [1.165, 1.54) is 5.52 Å². The summed E-state index contributed by atoms with van der Waals surface area (Å²) in [7, 11) is 0. The van der Waals surface area contributed by atoms with Crippen LogP contribution in [0.25, 0.3) is 27.6 Å². The molecule has 0 spiro atoms. The summed E-state index contributed by atoms with van der Waals surface area (Å²) in [5, 5.41) is 11.9. The van der Waals surface area contributed by atoms with Crippen LogP contribution in [0.2, 0.25) is 0 Å². The third-order valence-corrected chi connectivity index (χ3v) is 4.53. The molecular weight excluding hydrogens is 338 g/mol. The van der Waals surface area contributed by atoms with Gasteiger partial charge in [0.15, 0.2) is 11.0 Å². The lowest BCUT2D eigenvalue weighted by Gasteiger charge is -2.00. The molecule has 0 unspecified atom stereocenters. The molecule has 4 rings (SSSR count). The van der Waals surface area contributed by atoms with Crippen LogP contribution in [-0.4, -0.2) is 9.32 Å². The molecule has 4 aromatic rings. The molecule has 5 nitrogen and oxygen atoms in total. The summed E-state index contributed by atoms with van der Waals surface area (Å²) in [5.41, 5.74) is 4.55. The van der Waals surface area contributed by atoms with Crippen molar-refractivity contribution < 1.29 is 21.9 Å². The maximum Gasteiger partial charge on any atom is 0.287 e. The van der Waals surface area contributed by atoms with Crippen LogP contribution in [0.5, 0.6) is 0 Å². The molecule has 0 saturated heterocycles. The molecule has 0 radical (unpaired) electrons. The Balaban J connectivity index is 0.00000182. The second-order valence-electron chi connectivity index (χ2n) is 6.02. The van der Waals surface area contributed by atoms with E-state index in [0.717, 1.165) is 41.5 Å². The van der Waals surface area contributed by atoms with Crippen LogP contribution in [0.15, 0.2) is 54.6 Å². The number of non-ortho nitro benzene ring substituents is 1. The van der Waals surface area contributed by atoms with Gasteiger partial charge in [0, 0.05) is 23.6 Å². The van der Waals surface area contributed by atoms with E-state index < -0.39 is 0 Å². The number of pyridine rings is 1. The van der Waals surface area contributed by atoms with Crippen LogP contribution in [-0.2, 0) is 6.54 Å². The Morgan fingerprint density at radius 3 is 2.64 bits per heavy atom. The largest absolute Gasteiger partial charge is 1.00 e. The van der Waals surface area contributed by atoms with E-state index in [9.17, 15) is 10.1 Å². The van der Waals surface area contributed by atoms with Crippen molar-refractivity contribution in [1.82, 2.24) is 4.40 Å². The molecule has 0 aliphatic carbocycles. The standard InChI is InChI=1S/C19H18N3O2.ClH/c1-2-3-12-20-17-6-4-5-7-18(17)21-16-10-9-15(22(23)24)13-14(16)8-11-19(20)21;/h4-11,13H,2-3,12H2,1H3;1H/q+1;/p-1. The summed E-state index contributed by atoms with van der Waals surface area (Å²) >= 11 is 0. The van der Waals surface area contributed by atoms with Crippen molar-refractivity contribution in [3.63, 3.8) is 0 Å².